The summed E-state index contributed by atoms with van der Waals surface area (Å²) in [6.07, 6.45) is 1.16. The van der Waals surface area contributed by atoms with Crippen molar-refractivity contribution >= 4 is 92.1 Å². The van der Waals surface area contributed by atoms with Crippen LogP contribution in [0.5, 0.6) is 0 Å². The summed E-state index contributed by atoms with van der Waals surface area (Å²) in [6, 6.07) is 11.7. The molecule has 7 rings (SSSR count). The number of benzene rings is 1. The summed E-state index contributed by atoms with van der Waals surface area (Å²) in [7, 11) is 0. The van der Waals surface area contributed by atoms with E-state index in [1.165, 1.54) is 56.7 Å². The maximum atomic E-state index is 13.6. The molecule has 0 spiro atoms. The normalized spacial score (nSPS) is 12.2. The van der Waals surface area contributed by atoms with Crippen molar-refractivity contribution in [3.63, 3.8) is 0 Å². The Bertz CT molecular complexity index is 2930. The lowest BCUT2D eigenvalue weighted by Crippen LogP contribution is -2.36. The van der Waals surface area contributed by atoms with E-state index in [1.54, 1.807) is 98.6 Å². The zero-order chi connectivity index (χ0) is 47.1. The van der Waals surface area contributed by atoms with Crippen molar-refractivity contribution in [3.05, 3.63) is 108 Å². The number of alkyl carbamates (subject to hydrolysis) is 1. The number of esters is 2. The maximum Gasteiger partial charge on any atom is 0.408 e. The van der Waals surface area contributed by atoms with Crippen molar-refractivity contribution in [2.24, 2.45) is 5.92 Å². The van der Waals surface area contributed by atoms with E-state index in [-0.39, 0.29) is 35.4 Å². The highest BCUT2D eigenvalue weighted by molar-refractivity contribution is 7.15. The van der Waals surface area contributed by atoms with Crippen LogP contribution < -0.4 is 10.6 Å². The van der Waals surface area contributed by atoms with Crippen LogP contribution in [0.25, 0.3) is 49.1 Å². The first-order valence-corrected chi connectivity index (χ1v) is 24.7. The van der Waals surface area contributed by atoms with E-state index in [9.17, 15) is 24.0 Å². The van der Waals surface area contributed by atoms with Gasteiger partial charge in [0.05, 0.1) is 24.0 Å². The van der Waals surface area contributed by atoms with Gasteiger partial charge in [0.1, 0.15) is 53.4 Å². The number of amides is 2. The fraction of sp³-hybridized carbons (Fsp3) is 0.267. The van der Waals surface area contributed by atoms with E-state index in [0.717, 1.165) is 0 Å². The Balaban J connectivity index is 1.12. The van der Waals surface area contributed by atoms with E-state index in [2.05, 4.69) is 25.6 Å². The van der Waals surface area contributed by atoms with Crippen LogP contribution in [-0.2, 0) is 14.2 Å². The fourth-order valence-electron chi connectivity index (χ4n) is 5.95. The molecule has 0 saturated heterocycles. The number of ketones is 1. The van der Waals surface area contributed by atoms with Crippen molar-refractivity contribution in [2.45, 2.75) is 60.1 Å². The van der Waals surface area contributed by atoms with E-state index >= 15 is 0 Å². The van der Waals surface area contributed by atoms with E-state index < -0.39 is 42.2 Å². The Hall–Kier alpha value is -6.39. The van der Waals surface area contributed by atoms with Crippen LogP contribution in [0.2, 0.25) is 0 Å². The zero-order valence-electron chi connectivity index (χ0n) is 36.6. The van der Waals surface area contributed by atoms with Crippen LogP contribution in [0.4, 0.5) is 4.79 Å². The van der Waals surface area contributed by atoms with Gasteiger partial charge < -0.3 is 24.8 Å². The Morgan fingerprint density at radius 2 is 1.35 bits per heavy atom. The SMILES string of the molecule is C/C=C(\NC(=O)c1csc([C@H](NC(=O)OC(C)(C)C)C(C)C)n1)c1nc(-c2nc(-c3nc(-c4nc(C(=O)OCC(=O)c5ccccc5)cs4)cs3)ccc2-c2nc(C(=O)OCC)cs2)cs1. The topological polar surface area (TPSA) is 214 Å². The zero-order valence-corrected chi connectivity index (χ0v) is 40.6. The third-order valence-electron chi connectivity index (χ3n) is 9.07. The maximum absolute atomic E-state index is 13.6. The second-order valence-corrected chi connectivity index (χ2v) is 19.7. The molecule has 340 valence electrons. The number of nitrogens with zero attached hydrogens (tertiary/aromatic N) is 6. The molecule has 2 N–H and O–H groups in total. The highest BCUT2D eigenvalue weighted by Crippen LogP contribution is 2.38. The Morgan fingerprint density at radius 1 is 0.697 bits per heavy atom. The molecule has 0 radical (unpaired) electrons. The largest absolute Gasteiger partial charge is 0.461 e. The summed E-state index contributed by atoms with van der Waals surface area (Å²) < 4.78 is 15.9. The van der Waals surface area contributed by atoms with Crippen molar-refractivity contribution in [2.75, 3.05) is 13.2 Å². The minimum absolute atomic E-state index is 0.0375. The second-order valence-electron chi connectivity index (χ2n) is 15.4. The van der Waals surface area contributed by atoms with Crippen LogP contribution in [0, 0.1) is 5.92 Å². The summed E-state index contributed by atoms with van der Waals surface area (Å²) >= 11 is 6.34. The molecule has 6 heterocycles. The minimum atomic E-state index is -0.725. The molecule has 0 aliphatic carbocycles. The molecule has 66 heavy (non-hydrogen) atoms. The van der Waals surface area contributed by atoms with Gasteiger partial charge in [-0.3, -0.25) is 9.59 Å². The van der Waals surface area contributed by atoms with Crippen molar-refractivity contribution in [3.8, 4) is 43.4 Å². The highest BCUT2D eigenvalue weighted by Gasteiger charge is 2.27. The number of hydrogen-bond acceptors (Lipinski definition) is 19. The lowest BCUT2D eigenvalue weighted by atomic mass is 10.1. The predicted octanol–water partition coefficient (Wildman–Crippen LogP) is 10.3. The predicted molar refractivity (Wildman–Crippen MR) is 256 cm³/mol. The molecule has 21 heteroatoms. The summed E-state index contributed by atoms with van der Waals surface area (Å²) in [6.45, 7) is 12.5. The van der Waals surface area contributed by atoms with Gasteiger partial charge in [-0.1, -0.05) is 50.3 Å². The Labute approximate surface area is 399 Å². The van der Waals surface area contributed by atoms with Crippen molar-refractivity contribution in [1.29, 1.82) is 0 Å². The van der Waals surface area contributed by atoms with Gasteiger partial charge in [0.15, 0.2) is 23.8 Å². The molecular weight excluding hydrogens is 941 g/mol. The van der Waals surface area contributed by atoms with Gasteiger partial charge in [0, 0.05) is 38.0 Å². The molecule has 0 bridgehead atoms. The number of carbonyl (C=O) groups is 5. The van der Waals surface area contributed by atoms with Crippen molar-refractivity contribution in [1.82, 2.24) is 40.5 Å². The molecule has 7 aromatic rings. The third-order valence-corrected chi connectivity index (χ3v) is 13.5. The monoisotopic (exact) mass is 982 g/mol. The molecule has 1 aromatic carbocycles. The molecule has 0 aliphatic rings. The quantitative estimate of drug-likeness (QED) is 0.0524. The van der Waals surface area contributed by atoms with Crippen LogP contribution in [0.15, 0.2) is 75.4 Å². The molecule has 0 saturated carbocycles. The van der Waals surface area contributed by atoms with Gasteiger partial charge in [0.2, 0.25) is 0 Å². The Kier molecular flexibility index (Phi) is 15.0. The summed E-state index contributed by atoms with van der Waals surface area (Å²) in [5.41, 5.74) is 3.14. The van der Waals surface area contributed by atoms with E-state index in [0.29, 0.717) is 64.6 Å². The Morgan fingerprint density at radius 3 is 2.05 bits per heavy atom. The van der Waals surface area contributed by atoms with Crippen molar-refractivity contribution < 1.29 is 38.2 Å². The first kappa shape index (κ1) is 47.6. The smallest absolute Gasteiger partial charge is 0.408 e. The lowest BCUT2D eigenvalue weighted by molar-refractivity contribution is 0.0468. The second kappa shape index (κ2) is 20.8. The number of rotatable bonds is 16. The van der Waals surface area contributed by atoms with E-state index in [4.69, 9.17) is 29.2 Å². The van der Waals surface area contributed by atoms with Crippen LogP contribution >= 0.6 is 56.7 Å². The first-order chi connectivity index (χ1) is 31.6. The molecule has 2 amide bonds. The number of ether oxygens (including phenoxy) is 3. The minimum Gasteiger partial charge on any atom is -0.461 e. The van der Waals surface area contributed by atoms with Gasteiger partial charge in [0.25, 0.3) is 5.91 Å². The van der Waals surface area contributed by atoms with Gasteiger partial charge in [-0.05, 0) is 52.7 Å². The summed E-state index contributed by atoms with van der Waals surface area (Å²) in [5, 5.41) is 16.8. The molecular formula is C45H42N8O8S5. The first-order valence-electron chi connectivity index (χ1n) is 20.3. The third kappa shape index (κ3) is 11.5. The van der Waals surface area contributed by atoms with E-state index in [1.807, 2.05) is 25.3 Å². The van der Waals surface area contributed by atoms with Gasteiger partial charge in [-0.2, -0.15) is 0 Å². The number of thiazole rings is 5. The lowest BCUT2D eigenvalue weighted by Gasteiger charge is -2.24. The van der Waals surface area contributed by atoms with Crippen LogP contribution in [-0.4, -0.2) is 78.4 Å². The van der Waals surface area contributed by atoms with Crippen LogP contribution in [0.1, 0.15) is 106 Å². The average molecular weight is 983 g/mol. The number of aromatic nitrogens is 6. The molecule has 0 unspecified atom stereocenters. The molecule has 6 aromatic heterocycles. The standard InChI is InChI=1S/C45H42N8O8S5/c1-8-26(47-36(55)29-19-66-41(49-29)34(23(3)4)53-44(58)61-45(5,6)7)38-48-28(18-63-38)35-25(37-51-31(21-62-37)42(56)59-9-2)15-16-27(46-35)39-50-30(20-64-39)40-52-32(22-65-40)43(57)60-17-33(54)24-13-11-10-12-14-24/h8,10-16,18-23,34H,9,17H2,1-7H3,(H,47,55)(H,53,58)/b26-8-/t34-/m1/s1. The molecule has 1 atom stereocenters. The molecule has 0 aliphatic heterocycles. The average Bonchev–Trinajstić information content (AvgIpc) is 4.15. The number of carbonyl (C=O) groups excluding carboxylic acids is 5. The van der Waals surface area contributed by atoms with Gasteiger partial charge in [-0.25, -0.2) is 44.3 Å². The highest BCUT2D eigenvalue weighted by atomic mass is 32.1. The fourth-order valence-corrected chi connectivity index (χ4v) is 10.2. The number of hydrogen-bond donors (Lipinski definition) is 2. The molecule has 0 fully saturated rings. The summed E-state index contributed by atoms with van der Waals surface area (Å²) in [5.74, 6) is -2.09. The van der Waals surface area contributed by atoms with Gasteiger partial charge in [-0.15, -0.1) is 56.7 Å². The number of pyridine rings is 1. The molecule has 16 nitrogen and oxygen atoms in total. The van der Waals surface area contributed by atoms with Crippen LogP contribution in [0.3, 0.4) is 0 Å². The number of allylic oxidation sites excluding steroid dienone is 1. The van der Waals surface area contributed by atoms with Gasteiger partial charge >= 0.3 is 18.0 Å². The number of Topliss-reactive ketones (excluding diaryl/α,β-unsaturated/α-hetero) is 1. The number of nitrogens with one attached hydrogen (secondary N) is 2. The summed E-state index contributed by atoms with van der Waals surface area (Å²) in [4.78, 5) is 92.4.